The van der Waals surface area contributed by atoms with Gasteiger partial charge in [-0.2, -0.15) is 0 Å². The standard InChI is InChI=1S/C23H26N4O/c1-16-7-4-5-8-19(16)14-20-9-6-10-21(26-20)22-15-27(11-12-28-22)23-13-17(2)24-18(3)25-23/h4-10,13,22H,11-12,14-15H2,1-3H3/t22-/m0/s1. The van der Waals surface area contributed by atoms with E-state index >= 15 is 0 Å². The van der Waals surface area contributed by atoms with Gasteiger partial charge in [0.2, 0.25) is 0 Å². The molecule has 0 N–H and O–H groups in total. The summed E-state index contributed by atoms with van der Waals surface area (Å²) in [4.78, 5) is 16.2. The Hall–Kier alpha value is -2.79. The van der Waals surface area contributed by atoms with Gasteiger partial charge in [0.25, 0.3) is 0 Å². The van der Waals surface area contributed by atoms with Crippen molar-refractivity contribution in [2.45, 2.75) is 33.3 Å². The van der Waals surface area contributed by atoms with Gasteiger partial charge >= 0.3 is 0 Å². The molecule has 1 fully saturated rings. The van der Waals surface area contributed by atoms with Gasteiger partial charge in [0.15, 0.2) is 0 Å². The summed E-state index contributed by atoms with van der Waals surface area (Å²) in [5.74, 6) is 1.77. The van der Waals surface area contributed by atoms with Crippen molar-refractivity contribution in [3.63, 3.8) is 0 Å². The van der Waals surface area contributed by atoms with Crippen LogP contribution in [0.4, 0.5) is 5.82 Å². The quantitative estimate of drug-likeness (QED) is 0.692. The molecule has 28 heavy (non-hydrogen) atoms. The summed E-state index contributed by atoms with van der Waals surface area (Å²) in [5, 5.41) is 0. The Bertz CT molecular complexity index is 952. The van der Waals surface area contributed by atoms with Crippen molar-refractivity contribution in [1.29, 1.82) is 0 Å². The summed E-state index contributed by atoms with van der Waals surface area (Å²) in [5.41, 5.74) is 5.65. The Morgan fingerprint density at radius 1 is 1.00 bits per heavy atom. The molecule has 5 nitrogen and oxygen atoms in total. The number of benzene rings is 1. The summed E-state index contributed by atoms with van der Waals surface area (Å²) in [6.07, 6.45) is 0.780. The molecule has 144 valence electrons. The Morgan fingerprint density at radius 3 is 2.68 bits per heavy atom. The highest BCUT2D eigenvalue weighted by molar-refractivity contribution is 5.41. The Balaban J connectivity index is 1.53. The molecule has 4 rings (SSSR count). The molecule has 0 amide bonds. The molecule has 1 aliphatic rings. The van der Waals surface area contributed by atoms with Gasteiger partial charge in [0.05, 0.1) is 18.8 Å². The minimum Gasteiger partial charge on any atom is -0.368 e. The smallest absolute Gasteiger partial charge is 0.132 e. The van der Waals surface area contributed by atoms with Crippen LogP contribution in [0.25, 0.3) is 0 Å². The lowest BCUT2D eigenvalue weighted by Crippen LogP contribution is -2.39. The minimum atomic E-state index is -0.0545. The van der Waals surface area contributed by atoms with Crippen LogP contribution in [0.1, 0.15) is 40.1 Å². The molecule has 1 aromatic carbocycles. The van der Waals surface area contributed by atoms with Crippen LogP contribution in [0, 0.1) is 20.8 Å². The van der Waals surface area contributed by atoms with Crippen LogP contribution in [0.5, 0.6) is 0 Å². The average Bonchev–Trinajstić information content (AvgIpc) is 2.69. The topological polar surface area (TPSA) is 51.1 Å². The number of ether oxygens (including phenoxy) is 1. The molecule has 0 aliphatic carbocycles. The van der Waals surface area contributed by atoms with Crippen LogP contribution in [0.3, 0.4) is 0 Å². The van der Waals surface area contributed by atoms with Gasteiger partial charge in [-0.15, -0.1) is 0 Å². The van der Waals surface area contributed by atoms with Crippen LogP contribution in [-0.4, -0.2) is 34.6 Å². The summed E-state index contributed by atoms with van der Waals surface area (Å²) < 4.78 is 6.06. The number of aromatic nitrogens is 3. The molecule has 0 spiro atoms. The van der Waals surface area contributed by atoms with Crippen molar-refractivity contribution in [2.75, 3.05) is 24.6 Å². The summed E-state index contributed by atoms with van der Waals surface area (Å²) >= 11 is 0. The molecular formula is C23H26N4O. The lowest BCUT2D eigenvalue weighted by molar-refractivity contribution is 0.0366. The zero-order valence-corrected chi connectivity index (χ0v) is 16.7. The van der Waals surface area contributed by atoms with Crippen LogP contribution in [0.15, 0.2) is 48.5 Å². The minimum absolute atomic E-state index is 0.0545. The Kier molecular flexibility index (Phi) is 5.35. The maximum Gasteiger partial charge on any atom is 0.132 e. The third-order valence-corrected chi connectivity index (χ3v) is 5.13. The van der Waals surface area contributed by atoms with E-state index in [-0.39, 0.29) is 6.10 Å². The second-order valence-corrected chi connectivity index (χ2v) is 7.38. The number of morpholine rings is 1. The second-order valence-electron chi connectivity index (χ2n) is 7.38. The lowest BCUT2D eigenvalue weighted by Gasteiger charge is -2.33. The van der Waals surface area contributed by atoms with E-state index in [9.17, 15) is 0 Å². The maximum absolute atomic E-state index is 6.06. The first kappa shape index (κ1) is 18.6. The molecule has 1 aliphatic heterocycles. The van der Waals surface area contributed by atoms with Gasteiger partial charge in [-0.05, 0) is 44.0 Å². The van der Waals surface area contributed by atoms with Crippen LogP contribution in [-0.2, 0) is 11.2 Å². The van der Waals surface area contributed by atoms with Gasteiger partial charge < -0.3 is 9.64 Å². The normalized spacial score (nSPS) is 17.0. The number of nitrogens with zero attached hydrogens (tertiary/aromatic N) is 4. The van der Waals surface area contributed by atoms with E-state index in [1.807, 2.05) is 19.9 Å². The van der Waals surface area contributed by atoms with Gasteiger partial charge in [-0.25, -0.2) is 9.97 Å². The molecule has 2 aromatic heterocycles. The van der Waals surface area contributed by atoms with E-state index in [4.69, 9.17) is 9.72 Å². The van der Waals surface area contributed by atoms with Crippen LogP contribution < -0.4 is 4.90 Å². The first-order valence-corrected chi connectivity index (χ1v) is 9.77. The predicted molar refractivity (Wildman–Crippen MR) is 111 cm³/mol. The fourth-order valence-corrected chi connectivity index (χ4v) is 3.68. The highest BCUT2D eigenvalue weighted by Crippen LogP contribution is 2.25. The molecule has 1 saturated heterocycles. The van der Waals surface area contributed by atoms with E-state index < -0.39 is 0 Å². The highest BCUT2D eigenvalue weighted by atomic mass is 16.5. The Labute approximate surface area is 166 Å². The van der Waals surface area contributed by atoms with Crippen LogP contribution >= 0.6 is 0 Å². The van der Waals surface area contributed by atoms with Crippen molar-refractivity contribution < 1.29 is 4.74 Å². The van der Waals surface area contributed by atoms with E-state index in [0.29, 0.717) is 6.61 Å². The van der Waals surface area contributed by atoms with Gasteiger partial charge in [0, 0.05) is 30.4 Å². The van der Waals surface area contributed by atoms with Gasteiger partial charge in [0.1, 0.15) is 17.7 Å². The zero-order valence-electron chi connectivity index (χ0n) is 16.7. The van der Waals surface area contributed by atoms with Gasteiger partial charge in [-0.1, -0.05) is 30.3 Å². The Morgan fingerprint density at radius 2 is 1.86 bits per heavy atom. The second kappa shape index (κ2) is 8.07. The third-order valence-electron chi connectivity index (χ3n) is 5.13. The summed E-state index contributed by atoms with van der Waals surface area (Å²) in [6, 6.07) is 16.7. The lowest BCUT2D eigenvalue weighted by atomic mass is 10.0. The SMILES string of the molecule is Cc1cc(N2CCO[C@H](c3cccc(Cc4ccccc4C)n3)C2)nc(C)n1. The molecule has 3 aromatic rings. The number of hydrogen-bond acceptors (Lipinski definition) is 5. The molecule has 1 atom stereocenters. The molecule has 0 radical (unpaired) electrons. The predicted octanol–water partition coefficient (Wildman–Crippen LogP) is 3.97. The van der Waals surface area contributed by atoms with Crippen molar-refractivity contribution in [3.8, 4) is 0 Å². The third kappa shape index (κ3) is 4.20. The molecule has 0 bridgehead atoms. The molecule has 3 heterocycles. The molecule has 5 heteroatoms. The number of hydrogen-bond donors (Lipinski definition) is 0. The highest BCUT2D eigenvalue weighted by Gasteiger charge is 2.24. The van der Waals surface area contributed by atoms with E-state index in [1.165, 1.54) is 11.1 Å². The summed E-state index contributed by atoms with van der Waals surface area (Å²) in [7, 11) is 0. The number of aryl methyl sites for hydroxylation is 3. The molecule has 0 unspecified atom stereocenters. The fraction of sp³-hybridized carbons (Fsp3) is 0.348. The van der Waals surface area contributed by atoms with Crippen molar-refractivity contribution in [2.24, 2.45) is 0 Å². The van der Waals surface area contributed by atoms with Crippen LogP contribution in [0.2, 0.25) is 0 Å². The number of rotatable bonds is 4. The fourth-order valence-electron chi connectivity index (χ4n) is 3.68. The summed E-state index contributed by atoms with van der Waals surface area (Å²) in [6.45, 7) is 8.33. The van der Waals surface area contributed by atoms with E-state index in [1.54, 1.807) is 0 Å². The number of pyridine rings is 1. The van der Waals surface area contributed by atoms with Crippen molar-refractivity contribution in [1.82, 2.24) is 15.0 Å². The molecule has 0 saturated carbocycles. The maximum atomic E-state index is 6.06. The van der Waals surface area contributed by atoms with E-state index in [2.05, 4.69) is 64.3 Å². The first-order valence-electron chi connectivity index (χ1n) is 9.77. The average molecular weight is 374 g/mol. The number of anilines is 1. The first-order chi connectivity index (χ1) is 13.6. The molecular weight excluding hydrogens is 348 g/mol. The zero-order chi connectivity index (χ0) is 19.5. The van der Waals surface area contributed by atoms with Gasteiger partial charge in [-0.3, -0.25) is 4.98 Å². The monoisotopic (exact) mass is 374 g/mol. The van der Waals surface area contributed by atoms with Crippen molar-refractivity contribution in [3.05, 3.63) is 82.6 Å². The largest absolute Gasteiger partial charge is 0.368 e. The van der Waals surface area contributed by atoms with E-state index in [0.717, 1.165) is 48.2 Å². The van der Waals surface area contributed by atoms with Crippen molar-refractivity contribution >= 4 is 5.82 Å².